The minimum absolute atomic E-state index is 0.231. The topological polar surface area (TPSA) is 102 Å². The molecule has 4 rings (SSSR count). The lowest BCUT2D eigenvalue weighted by Gasteiger charge is -2.10. The number of ether oxygens (including phenoxy) is 2. The molecule has 8 heteroatoms. The summed E-state index contributed by atoms with van der Waals surface area (Å²) in [4.78, 5) is 17.2. The van der Waals surface area contributed by atoms with E-state index in [2.05, 4.69) is 21.5 Å². The van der Waals surface area contributed by atoms with E-state index in [4.69, 9.17) is 9.47 Å². The second kappa shape index (κ2) is 9.66. The van der Waals surface area contributed by atoms with Crippen LogP contribution in [0, 0.1) is 11.3 Å². The molecule has 33 heavy (non-hydrogen) atoms. The summed E-state index contributed by atoms with van der Waals surface area (Å²) in [5.41, 5.74) is 1.77. The smallest absolute Gasteiger partial charge is 0.249 e. The number of nitrogens with zero attached hydrogens (tertiary/aromatic N) is 4. The number of aromatic nitrogens is 3. The average Bonchev–Trinajstić information content (AvgIpc) is 3.25. The fourth-order valence-electron chi connectivity index (χ4n) is 3.29. The van der Waals surface area contributed by atoms with Crippen molar-refractivity contribution in [3.8, 4) is 23.4 Å². The molecule has 4 aromatic rings. The maximum Gasteiger partial charge on any atom is 0.249 e. The van der Waals surface area contributed by atoms with Crippen molar-refractivity contribution in [3.05, 3.63) is 78.0 Å². The Hall–Kier alpha value is -4.64. The number of hydrogen-bond acceptors (Lipinski definition) is 6. The fraction of sp³-hybridized carbons (Fsp3) is 0.120. The number of benzene rings is 2. The van der Waals surface area contributed by atoms with Crippen LogP contribution in [0.15, 0.2) is 66.9 Å². The number of rotatable bonds is 7. The minimum Gasteiger partial charge on any atom is -0.493 e. The molecule has 0 spiro atoms. The first-order chi connectivity index (χ1) is 16.1. The standard InChI is InChI=1S/C25H21N5O3/c1-3-33-21-11-8-17(14-22(21)32-2)9-13-24(31)29-25-19(15-26)16-27-30(25)23-12-10-18-6-4-5-7-20(18)28-23/h4-14,16H,3H2,1-2H3,(H,29,31)/b13-9+. The monoisotopic (exact) mass is 439 g/mol. The van der Waals surface area contributed by atoms with Crippen molar-refractivity contribution in [1.29, 1.82) is 5.26 Å². The van der Waals surface area contributed by atoms with Gasteiger partial charge in [-0.2, -0.15) is 15.0 Å². The Morgan fingerprint density at radius 3 is 2.82 bits per heavy atom. The van der Waals surface area contributed by atoms with Crippen molar-refractivity contribution < 1.29 is 14.3 Å². The van der Waals surface area contributed by atoms with E-state index in [1.807, 2.05) is 43.3 Å². The quantitative estimate of drug-likeness (QED) is 0.430. The molecule has 0 radical (unpaired) electrons. The maximum absolute atomic E-state index is 12.6. The minimum atomic E-state index is -0.415. The third-order valence-electron chi connectivity index (χ3n) is 4.85. The van der Waals surface area contributed by atoms with Gasteiger partial charge >= 0.3 is 0 Å². The van der Waals surface area contributed by atoms with Crippen LogP contribution in [-0.2, 0) is 4.79 Å². The molecule has 0 atom stereocenters. The lowest BCUT2D eigenvalue weighted by atomic mass is 10.2. The summed E-state index contributed by atoms with van der Waals surface area (Å²) in [6.45, 7) is 2.42. The molecule has 2 heterocycles. The number of anilines is 1. The van der Waals surface area contributed by atoms with Crippen LogP contribution in [-0.4, -0.2) is 34.4 Å². The van der Waals surface area contributed by atoms with Gasteiger partial charge in [-0.25, -0.2) is 4.98 Å². The molecular weight excluding hydrogens is 418 g/mol. The SMILES string of the molecule is CCOc1ccc(/C=C/C(=O)Nc2c(C#N)cnn2-c2ccc3ccccc3n2)cc1OC. The predicted molar refractivity (Wildman–Crippen MR) is 125 cm³/mol. The van der Waals surface area contributed by atoms with Gasteiger partial charge < -0.3 is 14.8 Å². The van der Waals surface area contributed by atoms with Crippen LogP contribution >= 0.6 is 0 Å². The number of amides is 1. The maximum atomic E-state index is 12.6. The molecule has 0 aliphatic rings. The second-order valence-electron chi connectivity index (χ2n) is 6.96. The Morgan fingerprint density at radius 2 is 2.03 bits per heavy atom. The van der Waals surface area contributed by atoms with Gasteiger partial charge in [0.05, 0.1) is 25.4 Å². The van der Waals surface area contributed by atoms with E-state index in [1.165, 1.54) is 17.0 Å². The van der Waals surface area contributed by atoms with E-state index < -0.39 is 5.91 Å². The predicted octanol–water partition coefficient (Wildman–Crippen LogP) is 4.35. The van der Waals surface area contributed by atoms with Crippen LogP contribution in [0.4, 0.5) is 5.82 Å². The van der Waals surface area contributed by atoms with Gasteiger partial charge in [-0.05, 0) is 48.9 Å². The van der Waals surface area contributed by atoms with Crippen molar-refractivity contribution in [2.45, 2.75) is 6.92 Å². The van der Waals surface area contributed by atoms with Gasteiger partial charge in [0.2, 0.25) is 5.91 Å². The normalized spacial score (nSPS) is 10.8. The van der Waals surface area contributed by atoms with E-state index in [0.29, 0.717) is 23.9 Å². The van der Waals surface area contributed by atoms with Gasteiger partial charge in [-0.1, -0.05) is 24.3 Å². The number of para-hydroxylation sites is 1. The molecule has 0 fully saturated rings. The lowest BCUT2D eigenvalue weighted by molar-refractivity contribution is -0.111. The number of nitrogens with one attached hydrogen (secondary N) is 1. The molecule has 2 aromatic heterocycles. The molecule has 2 aromatic carbocycles. The number of methoxy groups -OCH3 is 1. The second-order valence-corrected chi connectivity index (χ2v) is 6.96. The molecule has 0 unspecified atom stereocenters. The molecular formula is C25H21N5O3. The molecule has 164 valence electrons. The highest BCUT2D eigenvalue weighted by Gasteiger charge is 2.15. The van der Waals surface area contributed by atoms with E-state index >= 15 is 0 Å². The van der Waals surface area contributed by atoms with E-state index in [9.17, 15) is 10.1 Å². The molecule has 0 aliphatic heterocycles. The molecule has 8 nitrogen and oxygen atoms in total. The van der Waals surface area contributed by atoms with Gasteiger partial charge in [0, 0.05) is 11.5 Å². The zero-order valence-corrected chi connectivity index (χ0v) is 18.1. The largest absolute Gasteiger partial charge is 0.493 e. The Balaban J connectivity index is 1.58. The lowest BCUT2D eigenvalue weighted by Crippen LogP contribution is -2.14. The Morgan fingerprint density at radius 1 is 1.18 bits per heavy atom. The number of fused-ring (bicyclic) bond motifs is 1. The average molecular weight is 439 g/mol. The van der Waals surface area contributed by atoms with Gasteiger partial charge in [-0.15, -0.1) is 0 Å². The summed E-state index contributed by atoms with van der Waals surface area (Å²) in [6.07, 6.45) is 4.42. The third-order valence-corrected chi connectivity index (χ3v) is 4.85. The molecule has 0 bridgehead atoms. The van der Waals surface area contributed by atoms with Crippen molar-refractivity contribution in [1.82, 2.24) is 14.8 Å². The number of carbonyl (C=O) groups excluding carboxylic acids is 1. The van der Waals surface area contributed by atoms with E-state index in [-0.39, 0.29) is 11.4 Å². The Labute approximate surface area is 190 Å². The van der Waals surface area contributed by atoms with Crippen molar-refractivity contribution in [3.63, 3.8) is 0 Å². The van der Waals surface area contributed by atoms with Crippen molar-refractivity contribution in [2.24, 2.45) is 0 Å². The highest BCUT2D eigenvalue weighted by atomic mass is 16.5. The van der Waals surface area contributed by atoms with Gasteiger partial charge in [0.15, 0.2) is 23.1 Å². The van der Waals surface area contributed by atoms with Crippen LogP contribution in [0.2, 0.25) is 0 Å². The molecule has 1 N–H and O–H groups in total. The van der Waals surface area contributed by atoms with Crippen molar-refractivity contribution >= 4 is 28.7 Å². The third kappa shape index (κ3) is 4.67. The Bertz CT molecular complexity index is 1380. The number of hydrogen-bond donors (Lipinski definition) is 1. The van der Waals surface area contributed by atoms with Gasteiger partial charge in [0.25, 0.3) is 0 Å². The zero-order chi connectivity index (χ0) is 23.2. The van der Waals surface area contributed by atoms with Gasteiger partial charge in [0.1, 0.15) is 11.6 Å². The molecule has 1 amide bonds. The summed E-state index contributed by atoms with van der Waals surface area (Å²) in [5, 5.41) is 17.5. The van der Waals surface area contributed by atoms with Crippen molar-refractivity contribution in [2.75, 3.05) is 19.0 Å². The highest BCUT2D eigenvalue weighted by Crippen LogP contribution is 2.28. The number of pyridine rings is 1. The fourth-order valence-corrected chi connectivity index (χ4v) is 3.29. The van der Waals surface area contributed by atoms with Crippen LogP contribution in [0.3, 0.4) is 0 Å². The van der Waals surface area contributed by atoms with E-state index in [1.54, 1.807) is 31.4 Å². The molecule has 0 saturated carbocycles. The first-order valence-corrected chi connectivity index (χ1v) is 10.3. The van der Waals surface area contributed by atoms with Crippen LogP contribution in [0.25, 0.3) is 22.8 Å². The van der Waals surface area contributed by atoms with Crippen LogP contribution < -0.4 is 14.8 Å². The number of nitriles is 1. The summed E-state index contributed by atoms with van der Waals surface area (Å²) in [7, 11) is 1.56. The molecule has 0 aliphatic carbocycles. The van der Waals surface area contributed by atoms with E-state index in [0.717, 1.165) is 16.5 Å². The molecule has 0 saturated heterocycles. The number of carbonyl (C=O) groups is 1. The first kappa shape index (κ1) is 21.6. The van der Waals surface area contributed by atoms with Crippen LogP contribution in [0.5, 0.6) is 11.5 Å². The summed E-state index contributed by atoms with van der Waals surface area (Å²) in [6, 6.07) is 18.8. The van der Waals surface area contributed by atoms with Gasteiger partial charge in [-0.3, -0.25) is 4.79 Å². The van der Waals surface area contributed by atoms with Crippen LogP contribution in [0.1, 0.15) is 18.1 Å². The summed E-state index contributed by atoms with van der Waals surface area (Å²) >= 11 is 0. The highest BCUT2D eigenvalue weighted by molar-refractivity contribution is 6.02. The first-order valence-electron chi connectivity index (χ1n) is 10.3. The summed E-state index contributed by atoms with van der Waals surface area (Å²) < 4.78 is 12.3. The Kier molecular flexibility index (Phi) is 6.32. The summed E-state index contributed by atoms with van der Waals surface area (Å²) in [5.74, 6) is 1.53. The zero-order valence-electron chi connectivity index (χ0n) is 18.1.